The Labute approximate surface area is 210 Å². The summed E-state index contributed by atoms with van der Waals surface area (Å²) in [4.78, 5) is 26.9. The fourth-order valence-electron chi connectivity index (χ4n) is 4.60. The van der Waals surface area contributed by atoms with Crippen molar-refractivity contribution in [3.63, 3.8) is 0 Å². The van der Waals surface area contributed by atoms with Gasteiger partial charge in [-0.15, -0.1) is 0 Å². The van der Waals surface area contributed by atoms with Crippen LogP contribution in [0.3, 0.4) is 0 Å². The highest BCUT2D eigenvalue weighted by Crippen LogP contribution is 2.45. The van der Waals surface area contributed by atoms with Gasteiger partial charge in [0.1, 0.15) is 0 Å². The van der Waals surface area contributed by atoms with E-state index in [0.717, 1.165) is 22.0 Å². The van der Waals surface area contributed by atoms with Crippen LogP contribution in [0.4, 0.5) is 5.69 Å². The van der Waals surface area contributed by atoms with Gasteiger partial charge in [0.2, 0.25) is 0 Å². The smallest absolute Gasteiger partial charge is 0.296 e. The van der Waals surface area contributed by atoms with E-state index in [4.69, 9.17) is 9.47 Å². The number of aromatic nitrogens is 1. The number of fused-ring (bicyclic) bond motifs is 1. The molecule has 1 amide bonds. The molecule has 0 atom stereocenters. The van der Waals surface area contributed by atoms with Crippen LogP contribution in [-0.4, -0.2) is 27.5 Å². The first-order chi connectivity index (χ1) is 17.1. The van der Waals surface area contributed by atoms with E-state index in [2.05, 4.69) is 5.32 Å². The molecule has 6 heteroatoms. The summed E-state index contributed by atoms with van der Waals surface area (Å²) in [6.07, 6.45) is -0.565. The molecule has 0 radical (unpaired) electrons. The standard InChI is InChI=1S/C30H30N2O4/c1-29(2)30(3,4)36-28(35-29)20-14-11-15-21(18-20)31-27(34)26(33)24-22-16-9-10-17-23(22)32(5)25(24)19-12-7-6-8-13-19/h6-18,28H,1-5H3,(H,31,34). The summed E-state index contributed by atoms with van der Waals surface area (Å²) in [7, 11) is 1.91. The topological polar surface area (TPSA) is 69.6 Å². The lowest BCUT2D eigenvalue weighted by Crippen LogP contribution is -2.41. The number of nitrogens with zero attached hydrogens (tertiary/aromatic N) is 1. The number of ether oxygens (including phenoxy) is 2. The molecule has 6 nitrogen and oxygen atoms in total. The Morgan fingerprint density at radius 3 is 2.17 bits per heavy atom. The molecule has 5 rings (SSSR count). The van der Waals surface area contributed by atoms with Gasteiger partial charge in [-0.2, -0.15) is 0 Å². The van der Waals surface area contributed by atoms with Crippen molar-refractivity contribution in [1.82, 2.24) is 4.57 Å². The van der Waals surface area contributed by atoms with Crippen molar-refractivity contribution in [2.75, 3.05) is 5.32 Å². The van der Waals surface area contributed by atoms with E-state index in [0.29, 0.717) is 16.9 Å². The molecule has 1 aliphatic rings. The maximum atomic E-state index is 13.6. The highest BCUT2D eigenvalue weighted by atomic mass is 16.7. The van der Waals surface area contributed by atoms with Crippen molar-refractivity contribution in [2.45, 2.75) is 45.2 Å². The number of anilines is 1. The van der Waals surface area contributed by atoms with Gasteiger partial charge in [0.15, 0.2) is 6.29 Å². The first kappa shape index (κ1) is 24.0. The SMILES string of the molecule is Cn1c(-c2ccccc2)c(C(=O)C(=O)Nc2cccc(C3OC(C)(C)C(C)(C)O3)c2)c2ccccc21. The molecule has 0 unspecified atom stereocenters. The van der Waals surface area contributed by atoms with E-state index in [1.165, 1.54) is 0 Å². The number of nitrogens with one attached hydrogen (secondary N) is 1. The maximum Gasteiger partial charge on any atom is 0.296 e. The molecule has 1 saturated heterocycles. The lowest BCUT2D eigenvalue weighted by atomic mass is 9.90. The summed E-state index contributed by atoms with van der Waals surface area (Å²) in [5, 5.41) is 3.53. The number of hydrogen-bond acceptors (Lipinski definition) is 4. The minimum Gasteiger partial charge on any atom is -0.343 e. The third kappa shape index (κ3) is 4.02. The Bertz CT molecular complexity index is 1450. The maximum absolute atomic E-state index is 13.6. The second-order valence-corrected chi connectivity index (χ2v) is 10.2. The Balaban J connectivity index is 1.46. The zero-order valence-electron chi connectivity index (χ0n) is 21.2. The summed E-state index contributed by atoms with van der Waals surface area (Å²) in [5.74, 6) is -1.29. The third-order valence-corrected chi connectivity index (χ3v) is 7.26. The van der Waals surface area contributed by atoms with Gasteiger partial charge >= 0.3 is 0 Å². The van der Waals surface area contributed by atoms with Gasteiger partial charge in [-0.05, 0) is 51.5 Å². The predicted octanol–water partition coefficient (Wildman–Crippen LogP) is 6.27. The lowest BCUT2D eigenvalue weighted by molar-refractivity contribution is -0.112. The Morgan fingerprint density at radius 2 is 1.47 bits per heavy atom. The molecule has 0 spiro atoms. The number of ketones is 1. The largest absolute Gasteiger partial charge is 0.343 e. The fourth-order valence-corrected chi connectivity index (χ4v) is 4.60. The van der Waals surface area contributed by atoms with E-state index < -0.39 is 29.2 Å². The Hall–Kier alpha value is -3.74. The number of Topliss-reactive ketones (excluding diaryl/α,β-unsaturated/α-hetero) is 1. The van der Waals surface area contributed by atoms with Crippen LogP contribution in [-0.2, 0) is 21.3 Å². The van der Waals surface area contributed by atoms with Crippen LogP contribution in [0.5, 0.6) is 0 Å². The Kier molecular flexibility index (Phi) is 5.81. The van der Waals surface area contributed by atoms with E-state index >= 15 is 0 Å². The number of hydrogen-bond donors (Lipinski definition) is 1. The van der Waals surface area contributed by atoms with Crippen LogP contribution in [0.1, 0.15) is 49.9 Å². The molecule has 0 bridgehead atoms. The molecule has 3 aromatic carbocycles. The molecule has 2 heterocycles. The number of aryl methyl sites for hydroxylation is 1. The molecular formula is C30H30N2O4. The zero-order valence-corrected chi connectivity index (χ0v) is 21.2. The first-order valence-corrected chi connectivity index (χ1v) is 12.0. The second-order valence-electron chi connectivity index (χ2n) is 10.2. The molecule has 1 fully saturated rings. The van der Waals surface area contributed by atoms with E-state index in [9.17, 15) is 9.59 Å². The number of carbonyl (C=O) groups excluding carboxylic acids is 2. The molecule has 1 aliphatic heterocycles. The number of para-hydroxylation sites is 1. The van der Waals surface area contributed by atoms with E-state index in [1.54, 1.807) is 12.1 Å². The highest BCUT2D eigenvalue weighted by Gasteiger charge is 2.49. The molecule has 184 valence electrons. The second kappa shape index (κ2) is 8.73. The molecule has 1 aromatic heterocycles. The van der Waals surface area contributed by atoms with Crippen molar-refractivity contribution in [3.8, 4) is 11.3 Å². The van der Waals surface area contributed by atoms with Gasteiger partial charge < -0.3 is 19.4 Å². The number of amides is 1. The van der Waals surface area contributed by atoms with Gasteiger partial charge in [-0.25, -0.2) is 0 Å². The molecule has 4 aromatic rings. The van der Waals surface area contributed by atoms with Crippen LogP contribution in [0.15, 0.2) is 78.9 Å². The summed E-state index contributed by atoms with van der Waals surface area (Å²) in [6, 6.07) is 24.5. The summed E-state index contributed by atoms with van der Waals surface area (Å²) in [6.45, 7) is 7.97. The summed E-state index contributed by atoms with van der Waals surface area (Å²) < 4.78 is 14.2. The van der Waals surface area contributed by atoms with Crippen molar-refractivity contribution < 1.29 is 19.1 Å². The molecule has 0 aliphatic carbocycles. The van der Waals surface area contributed by atoms with Crippen LogP contribution < -0.4 is 5.32 Å². The van der Waals surface area contributed by atoms with Gasteiger partial charge in [-0.1, -0.05) is 60.7 Å². The van der Waals surface area contributed by atoms with Crippen LogP contribution >= 0.6 is 0 Å². The van der Waals surface area contributed by atoms with Gasteiger partial charge in [0.25, 0.3) is 11.7 Å². The number of rotatable bonds is 5. The molecule has 0 saturated carbocycles. The minimum atomic E-state index is -0.699. The molecule has 1 N–H and O–H groups in total. The monoisotopic (exact) mass is 482 g/mol. The van der Waals surface area contributed by atoms with Gasteiger partial charge in [-0.3, -0.25) is 9.59 Å². The predicted molar refractivity (Wildman–Crippen MR) is 141 cm³/mol. The zero-order chi connectivity index (χ0) is 25.7. The van der Waals surface area contributed by atoms with Crippen LogP contribution in [0, 0.1) is 0 Å². The highest BCUT2D eigenvalue weighted by molar-refractivity contribution is 6.49. The van der Waals surface area contributed by atoms with Crippen molar-refractivity contribution in [1.29, 1.82) is 0 Å². The Morgan fingerprint density at radius 1 is 0.833 bits per heavy atom. The van der Waals surface area contributed by atoms with Crippen molar-refractivity contribution >= 4 is 28.3 Å². The number of benzene rings is 3. The number of carbonyl (C=O) groups is 2. The van der Waals surface area contributed by atoms with E-state index in [-0.39, 0.29) is 0 Å². The normalized spacial score (nSPS) is 16.8. The fraction of sp³-hybridized carbons (Fsp3) is 0.267. The first-order valence-electron chi connectivity index (χ1n) is 12.0. The van der Waals surface area contributed by atoms with Crippen LogP contribution in [0.25, 0.3) is 22.2 Å². The van der Waals surface area contributed by atoms with Gasteiger partial charge in [0, 0.05) is 29.2 Å². The van der Waals surface area contributed by atoms with Crippen molar-refractivity contribution in [2.24, 2.45) is 7.05 Å². The minimum absolute atomic E-state index is 0.388. The average Bonchev–Trinajstić information content (AvgIpc) is 3.28. The molecular weight excluding hydrogens is 452 g/mol. The van der Waals surface area contributed by atoms with Gasteiger partial charge in [0.05, 0.1) is 22.5 Å². The van der Waals surface area contributed by atoms with Crippen molar-refractivity contribution in [3.05, 3.63) is 90.0 Å². The average molecular weight is 483 g/mol. The summed E-state index contributed by atoms with van der Waals surface area (Å²) >= 11 is 0. The quantitative estimate of drug-likeness (QED) is 0.269. The third-order valence-electron chi connectivity index (χ3n) is 7.26. The van der Waals surface area contributed by atoms with Crippen LogP contribution in [0.2, 0.25) is 0 Å². The van der Waals surface area contributed by atoms with E-state index in [1.807, 2.05) is 106 Å². The summed E-state index contributed by atoms with van der Waals surface area (Å²) in [5.41, 5.74) is 3.17. The lowest BCUT2D eigenvalue weighted by Gasteiger charge is -2.30. The molecule has 36 heavy (non-hydrogen) atoms.